The van der Waals surface area contributed by atoms with Crippen molar-refractivity contribution in [1.82, 2.24) is 9.88 Å². The molecule has 3 atom stereocenters. The zero-order valence-corrected chi connectivity index (χ0v) is 11.2. The standard InChI is InChI=1S/C15H14F3N3/c16-11-3-10(6-20-7-11)15(9-19)4-12-1-2-13(5-15)21(12)8-14(17)18/h1-3,6-7,12-14H,4-5,8H2/t12-,13+,15-. The normalized spacial score (nSPS) is 31.6. The van der Waals surface area contributed by atoms with Crippen molar-refractivity contribution < 1.29 is 13.2 Å². The molecule has 6 heteroatoms. The number of fused-ring (bicyclic) bond motifs is 2. The number of nitrogens with zero attached hydrogens (tertiary/aromatic N) is 3. The van der Waals surface area contributed by atoms with Gasteiger partial charge in [0.15, 0.2) is 0 Å². The maximum absolute atomic E-state index is 13.4. The lowest BCUT2D eigenvalue weighted by Crippen LogP contribution is -2.51. The van der Waals surface area contributed by atoms with E-state index >= 15 is 0 Å². The minimum absolute atomic E-state index is 0.208. The van der Waals surface area contributed by atoms with Gasteiger partial charge in [-0.2, -0.15) is 5.26 Å². The Kier molecular flexibility index (Phi) is 3.46. The van der Waals surface area contributed by atoms with Crippen LogP contribution in [0.5, 0.6) is 0 Å². The van der Waals surface area contributed by atoms with Gasteiger partial charge in [-0.3, -0.25) is 9.88 Å². The van der Waals surface area contributed by atoms with Crippen LogP contribution in [0.25, 0.3) is 0 Å². The molecule has 0 spiro atoms. The summed E-state index contributed by atoms with van der Waals surface area (Å²) in [5.74, 6) is -0.488. The van der Waals surface area contributed by atoms with Crippen LogP contribution in [0, 0.1) is 17.1 Å². The molecule has 110 valence electrons. The molecule has 3 rings (SSSR count). The number of pyridine rings is 1. The molecule has 0 N–H and O–H groups in total. The van der Waals surface area contributed by atoms with Crippen LogP contribution in [-0.4, -0.2) is 34.9 Å². The maximum Gasteiger partial charge on any atom is 0.251 e. The van der Waals surface area contributed by atoms with E-state index in [1.807, 2.05) is 12.2 Å². The zero-order chi connectivity index (χ0) is 15.0. The predicted molar refractivity (Wildman–Crippen MR) is 70.1 cm³/mol. The van der Waals surface area contributed by atoms with Crippen molar-refractivity contribution in [1.29, 1.82) is 5.26 Å². The Morgan fingerprint density at radius 1 is 1.33 bits per heavy atom. The van der Waals surface area contributed by atoms with E-state index in [0.29, 0.717) is 18.4 Å². The second-order valence-electron chi connectivity index (χ2n) is 5.60. The van der Waals surface area contributed by atoms with Gasteiger partial charge in [-0.25, -0.2) is 13.2 Å². The zero-order valence-electron chi connectivity index (χ0n) is 11.2. The second-order valence-corrected chi connectivity index (χ2v) is 5.60. The SMILES string of the molecule is N#C[C@@]1(c2cncc(F)c2)C[C@H]2C=C[C@@H](C1)N2CC(F)F. The Morgan fingerprint density at radius 3 is 2.52 bits per heavy atom. The van der Waals surface area contributed by atoms with Crippen LogP contribution >= 0.6 is 0 Å². The van der Waals surface area contributed by atoms with Gasteiger partial charge in [-0.1, -0.05) is 12.2 Å². The van der Waals surface area contributed by atoms with E-state index in [1.165, 1.54) is 12.3 Å². The molecule has 1 aromatic heterocycles. The summed E-state index contributed by atoms with van der Waals surface area (Å²) in [6.45, 7) is -0.300. The Morgan fingerprint density at radius 2 is 2.00 bits per heavy atom. The van der Waals surface area contributed by atoms with Crippen LogP contribution in [0.3, 0.4) is 0 Å². The van der Waals surface area contributed by atoms with Crippen molar-refractivity contribution in [3.63, 3.8) is 0 Å². The van der Waals surface area contributed by atoms with Gasteiger partial charge in [-0.15, -0.1) is 0 Å². The number of aromatic nitrogens is 1. The van der Waals surface area contributed by atoms with Gasteiger partial charge >= 0.3 is 0 Å². The average Bonchev–Trinajstić information content (AvgIpc) is 2.70. The summed E-state index contributed by atoms with van der Waals surface area (Å²) in [7, 11) is 0. The summed E-state index contributed by atoms with van der Waals surface area (Å²) in [6.07, 6.45) is 4.70. The van der Waals surface area contributed by atoms with Gasteiger partial charge in [0.2, 0.25) is 0 Å². The summed E-state index contributed by atoms with van der Waals surface area (Å²) >= 11 is 0. The molecule has 0 aromatic carbocycles. The third kappa shape index (κ3) is 2.42. The van der Waals surface area contributed by atoms with E-state index in [4.69, 9.17) is 0 Å². The van der Waals surface area contributed by atoms with Gasteiger partial charge in [0, 0.05) is 18.3 Å². The smallest absolute Gasteiger partial charge is 0.251 e. The molecular formula is C15H14F3N3. The second kappa shape index (κ2) is 5.15. The van der Waals surface area contributed by atoms with Gasteiger partial charge in [0.05, 0.1) is 24.2 Å². The van der Waals surface area contributed by atoms with Crippen molar-refractivity contribution in [3.8, 4) is 6.07 Å². The van der Waals surface area contributed by atoms with Crippen molar-refractivity contribution in [2.45, 2.75) is 36.8 Å². The van der Waals surface area contributed by atoms with Crippen LogP contribution in [0.1, 0.15) is 18.4 Å². The van der Waals surface area contributed by atoms with Crippen LogP contribution in [0.15, 0.2) is 30.6 Å². The minimum Gasteiger partial charge on any atom is -0.285 e. The number of alkyl halides is 2. The predicted octanol–water partition coefficient (Wildman–Crippen LogP) is 2.65. The molecule has 3 heterocycles. The highest BCUT2D eigenvalue weighted by molar-refractivity contribution is 5.36. The third-order valence-corrected chi connectivity index (χ3v) is 4.34. The largest absolute Gasteiger partial charge is 0.285 e. The Hall–Kier alpha value is -1.87. The van der Waals surface area contributed by atoms with E-state index in [2.05, 4.69) is 11.1 Å². The van der Waals surface area contributed by atoms with Crippen LogP contribution < -0.4 is 0 Å². The summed E-state index contributed by atoms with van der Waals surface area (Å²) in [4.78, 5) is 5.53. The average molecular weight is 293 g/mol. The molecule has 2 aliphatic rings. The fourth-order valence-corrected chi connectivity index (χ4v) is 3.39. The van der Waals surface area contributed by atoms with Crippen LogP contribution in [0.2, 0.25) is 0 Å². The van der Waals surface area contributed by atoms with Gasteiger partial charge < -0.3 is 0 Å². The number of nitriles is 1. The lowest BCUT2D eigenvalue weighted by atomic mass is 9.71. The number of hydrogen-bond donors (Lipinski definition) is 0. The highest BCUT2D eigenvalue weighted by atomic mass is 19.3. The molecule has 0 radical (unpaired) electrons. The first-order valence-corrected chi connectivity index (χ1v) is 6.78. The quantitative estimate of drug-likeness (QED) is 0.804. The molecule has 0 amide bonds. The van der Waals surface area contributed by atoms with Gasteiger partial charge in [0.25, 0.3) is 6.43 Å². The van der Waals surface area contributed by atoms with Crippen LogP contribution in [0.4, 0.5) is 13.2 Å². The van der Waals surface area contributed by atoms with E-state index < -0.39 is 17.7 Å². The van der Waals surface area contributed by atoms with Crippen molar-refractivity contribution in [2.75, 3.05) is 6.54 Å². The van der Waals surface area contributed by atoms with Gasteiger partial charge in [0.1, 0.15) is 5.82 Å². The molecule has 2 aliphatic heterocycles. The molecule has 1 fully saturated rings. The Balaban J connectivity index is 1.90. The highest BCUT2D eigenvalue weighted by Gasteiger charge is 2.48. The molecule has 0 saturated carbocycles. The molecule has 21 heavy (non-hydrogen) atoms. The first-order chi connectivity index (χ1) is 10.0. The topological polar surface area (TPSA) is 39.9 Å². The van der Waals surface area contributed by atoms with Crippen molar-refractivity contribution >= 4 is 0 Å². The first-order valence-electron chi connectivity index (χ1n) is 6.78. The monoisotopic (exact) mass is 293 g/mol. The summed E-state index contributed by atoms with van der Waals surface area (Å²) in [6, 6.07) is 3.18. The van der Waals surface area contributed by atoms with E-state index in [0.717, 1.165) is 6.20 Å². The van der Waals surface area contributed by atoms with E-state index in [9.17, 15) is 18.4 Å². The molecule has 0 unspecified atom stereocenters. The fourth-order valence-electron chi connectivity index (χ4n) is 3.39. The van der Waals surface area contributed by atoms with Crippen LogP contribution in [-0.2, 0) is 5.41 Å². The summed E-state index contributed by atoms with van der Waals surface area (Å²) in [5.41, 5.74) is -0.340. The molecule has 0 aliphatic carbocycles. The molecule has 2 bridgehead atoms. The number of hydrogen-bond acceptors (Lipinski definition) is 3. The minimum atomic E-state index is -2.40. The molecule has 1 saturated heterocycles. The third-order valence-electron chi connectivity index (χ3n) is 4.34. The molecule has 1 aromatic rings. The number of piperidine rings is 1. The molecular weight excluding hydrogens is 279 g/mol. The van der Waals surface area contributed by atoms with E-state index in [-0.39, 0.29) is 18.6 Å². The summed E-state index contributed by atoms with van der Waals surface area (Å²) in [5, 5.41) is 9.62. The maximum atomic E-state index is 13.4. The Labute approximate surface area is 120 Å². The van der Waals surface area contributed by atoms with E-state index in [1.54, 1.807) is 4.90 Å². The van der Waals surface area contributed by atoms with Gasteiger partial charge in [-0.05, 0) is 24.5 Å². The lowest BCUT2D eigenvalue weighted by Gasteiger charge is -2.43. The Bertz CT molecular complexity index is 592. The molecule has 3 nitrogen and oxygen atoms in total. The lowest BCUT2D eigenvalue weighted by molar-refractivity contribution is 0.0381. The fraction of sp³-hybridized carbons (Fsp3) is 0.467. The van der Waals surface area contributed by atoms with Crippen molar-refractivity contribution in [2.24, 2.45) is 0 Å². The highest BCUT2D eigenvalue weighted by Crippen LogP contribution is 2.44. The first kappa shape index (κ1) is 14.1. The number of rotatable bonds is 3. The number of halogens is 3. The summed E-state index contributed by atoms with van der Waals surface area (Å²) < 4.78 is 38.7. The van der Waals surface area contributed by atoms with Crippen molar-refractivity contribution in [3.05, 3.63) is 42.0 Å².